The van der Waals surface area contributed by atoms with Crippen molar-refractivity contribution in [2.75, 3.05) is 16.9 Å². The molecule has 2 aromatic carbocycles. The van der Waals surface area contributed by atoms with Crippen LogP contribution in [0.2, 0.25) is 0 Å². The number of rotatable bonds is 4. The minimum Gasteiger partial charge on any atom is -0.495 e. The Labute approximate surface area is 183 Å². The fourth-order valence-corrected chi connectivity index (χ4v) is 5.18. The van der Waals surface area contributed by atoms with Crippen molar-refractivity contribution in [2.45, 2.75) is 19.0 Å². The SMILES string of the molecule is COc1ccc([N+](=O)[O-])cc1N1C(=O)[C@@H]2[C@H](C1=O)[C@@H](C(C)=O)N1c3ccccc3C=C[C@H]21. The number of amides is 2. The zero-order chi connectivity index (χ0) is 22.7. The quantitative estimate of drug-likeness (QED) is 0.414. The molecule has 2 saturated heterocycles. The molecule has 32 heavy (non-hydrogen) atoms. The highest BCUT2D eigenvalue weighted by Gasteiger charge is 2.64. The lowest BCUT2D eigenvalue weighted by Gasteiger charge is -2.36. The summed E-state index contributed by atoms with van der Waals surface area (Å²) in [5, 5.41) is 11.3. The van der Waals surface area contributed by atoms with E-state index in [2.05, 4.69) is 0 Å². The average molecular weight is 433 g/mol. The maximum Gasteiger partial charge on any atom is 0.271 e. The van der Waals surface area contributed by atoms with Crippen LogP contribution in [0, 0.1) is 22.0 Å². The maximum atomic E-state index is 13.6. The number of carbonyl (C=O) groups excluding carboxylic acids is 3. The first kappa shape index (κ1) is 19.9. The van der Waals surface area contributed by atoms with Gasteiger partial charge in [-0.15, -0.1) is 0 Å². The number of nitro benzene ring substituents is 1. The monoisotopic (exact) mass is 433 g/mol. The van der Waals surface area contributed by atoms with Crippen LogP contribution in [0.4, 0.5) is 17.1 Å². The molecule has 0 bridgehead atoms. The summed E-state index contributed by atoms with van der Waals surface area (Å²) in [5.74, 6) is -2.80. The number of Topliss-reactive ketones (excluding diaryl/α,β-unsaturated/α-hetero) is 1. The zero-order valence-electron chi connectivity index (χ0n) is 17.3. The van der Waals surface area contributed by atoms with E-state index in [4.69, 9.17) is 4.74 Å². The van der Waals surface area contributed by atoms with E-state index < -0.39 is 40.7 Å². The second-order valence-electron chi connectivity index (χ2n) is 8.05. The number of methoxy groups -OCH3 is 1. The summed E-state index contributed by atoms with van der Waals surface area (Å²) in [6, 6.07) is 9.98. The smallest absolute Gasteiger partial charge is 0.271 e. The molecular weight excluding hydrogens is 414 g/mol. The predicted molar refractivity (Wildman–Crippen MR) is 115 cm³/mol. The fourth-order valence-electron chi connectivity index (χ4n) is 5.18. The first-order valence-electron chi connectivity index (χ1n) is 10.1. The van der Waals surface area contributed by atoms with Crippen molar-refractivity contribution >= 4 is 40.7 Å². The predicted octanol–water partition coefficient (Wildman–Crippen LogP) is 2.58. The van der Waals surface area contributed by atoms with Gasteiger partial charge in [0, 0.05) is 17.8 Å². The number of ether oxygens (including phenoxy) is 1. The van der Waals surface area contributed by atoms with Gasteiger partial charge in [0.05, 0.1) is 29.9 Å². The molecule has 0 aromatic heterocycles. The fraction of sp³-hybridized carbons (Fsp3) is 0.261. The van der Waals surface area contributed by atoms with Gasteiger partial charge in [-0.05, 0) is 24.6 Å². The summed E-state index contributed by atoms with van der Waals surface area (Å²) < 4.78 is 5.28. The molecule has 0 unspecified atom stereocenters. The van der Waals surface area contributed by atoms with Crippen LogP contribution in [-0.4, -0.2) is 41.7 Å². The molecule has 2 aromatic rings. The average Bonchev–Trinajstić information content (AvgIpc) is 3.26. The number of nitro groups is 1. The lowest BCUT2D eigenvalue weighted by atomic mass is 9.88. The van der Waals surface area contributed by atoms with Crippen LogP contribution in [0.15, 0.2) is 48.5 Å². The Morgan fingerprint density at radius 3 is 2.47 bits per heavy atom. The molecule has 0 N–H and O–H groups in total. The van der Waals surface area contributed by atoms with Crippen LogP contribution in [0.3, 0.4) is 0 Å². The Morgan fingerprint density at radius 1 is 1.06 bits per heavy atom. The molecule has 2 amide bonds. The number of imide groups is 1. The van der Waals surface area contributed by atoms with E-state index in [9.17, 15) is 24.5 Å². The van der Waals surface area contributed by atoms with Gasteiger partial charge in [0.2, 0.25) is 11.8 Å². The van der Waals surface area contributed by atoms with Crippen LogP contribution in [0.5, 0.6) is 5.75 Å². The minimum absolute atomic E-state index is 0.0140. The molecule has 3 aliphatic heterocycles. The van der Waals surface area contributed by atoms with E-state index in [1.807, 2.05) is 41.3 Å². The highest BCUT2D eigenvalue weighted by Crippen LogP contribution is 2.50. The Hall–Kier alpha value is -4.01. The molecular formula is C23H19N3O6. The highest BCUT2D eigenvalue weighted by atomic mass is 16.6. The Bertz CT molecular complexity index is 1220. The Kier molecular flexibility index (Phi) is 4.37. The van der Waals surface area contributed by atoms with Gasteiger partial charge in [-0.2, -0.15) is 0 Å². The van der Waals surface area contributed by atoms with Crippen molar-refractivity contribution in [1.29, 1.82) is 0 Å². The van der Waals surface area contributed by atoms with Crippen molar-refractivity contribution in [3.8, 4) is 5.75 Å². The third-order valence-corrected chi connectivity index (χ3v) is 6.45. The molecule has 9 heteroatoms. The van der Waals surface area contributed by atoms with Gasteiger partial charge in [-0.25, -0.2) is 4.90 Å². The van der Waals surface area contributed by atoms with Gasteiger partial charge in [-0.1, -0.05) is 30.4 Å². The third-order valence-electron chi connectivity index (χ3n) is 6.45. The van der Waals surface area contributed by atoms with E-state index in [0.717, 1.165) is 22.2 Å². The number of hydrogen-bond acceptors (Lipinski definition) is 7. The lowest BCUT2D eigenvalue weighted by molar-refractivity contribution is -0.384. The van der Waals surface area contributed by atoms with Gasteiger partial charge >= 0.3 is 0 Å². The van der Waals surface area contributed by atoms with E-state index in [0.29, 0.717) is 0 Å². The number of non-ortho nitro benzene ring substituents is 1. The summed E-state index contributed by atoms with van der Waals surface area (Å²) in [6.07, 6.45) is 3.74. The highest BCUT2D eigenvalue weighted by molar-refractivity contribution is 6.25. The number of hydrogen-bond donors (Lipinski definition) is 0. The van der Waals surface area contributed by atoms with Gasteiger partial charge in [0.1, 0.15) is 17.5 Å². The molecule has 3 aliphatic rings. The molecule has 0 radical (unpaired) electrons. The van der Waals surface area contributed by atoms with Crippen LogP contribution in [-0.2, 0) is 14.4 Å². The summed E-state index contributed by atoms with van der Waals surface area (Å²) in [5.41, 5.74) is 1.46. The molecule has 4 atom stereocenters. The Balaban J connectivity index is 1.64. The van der Waals surface area contributed by atoms with E-state index in [-0.39, 0.29) is 22.9 Å². The molecule has 0 aliphatic carbocycles. The topological polar surface area (TPSA) is 110 Å². The second kappa shape index (κ2) is 7.01. The number of fused-ring (bicyclic) bond motifs is 5. The Morgan fingerprint density at radius 2 is 1.78 bits per heavy atom. The van der Waals surface area contributed by atoms with Crippen molar-refractivity contribution in [3.63, 3.8) is 0 Å². The number of carbonyl (C=O) groups is 3. The van der Waals surface area contributed by atoms with Crippen LogP contribution in [0.25, 0.3) is 6.08 Å². The normalized spacial score (nSPS) is 25.4. The van der Waals surface area contributed by atoms with Gasteiger partial charge in [0.25, 0.3) is 5.69 Å². The molecule has 2 fully saturated rings. The van der Waals surface area contributed by atoms with E-state index in [1.54, 1.807) is 0 Å². The van der Waals surface area contributed by atoms with Gasteiger partial charge in [0.15, 0.2) is 5.78 Å². The van der Waals surface area contributed by atoms with Crippen LogP contribution < -0.4 is 14.5 Å². The number of para-hydroxylation sites is 1. The first-order valence-corrected chi connectivity index (χ1v) is 10.1. The van der Waals surface area contributed by atoms with Crippen molar-refractivity contribution < 1.29 is 24.0 Å². The molecule has 9 nitrogen and oxygen atoms in total. The van der Waals surface area contributed by atoms with Crippen molar-refractivity contribution in [3.05, 3.63) is 64.2 Å². The molecule has 3 heterocycles. The summed E-state index contributed by atoms with van der Waals surface area (Å²) in [6.45, 7) is 1.42. The largest absolute Gasteiger partial charge is 0.495 e. The summed E-state index contributed by atoms with van der Waals surface area (Å²) in [7, 11) is 1.36. The summed E-state index contributed by atoms with van der Waals surface area (Å²) >= 11 is 0. The first-order chi connectivity index (χ1) is 15.3. The summed E-state index contributed by atoms with van der Waals surface area (Å²) in [4.78, 5) is 53.4. The molecule has 5 rings (SSSR count). The van der Waals surface area contributed by atoms with E-state index >= 15 is 0 Å². The third kappa shape index (κ3) is 2.60. The van der Waals surface area contributed by atoms with Crippen LogP contribution in [0.1, 0.15) is 12.5 Å². The minimum atomic E-state index is -0.898. The van der Waals surface area contributed by atoms with Crippen molar-refractivity contribution in [1.82, 2.24) is 0 Å². The van der Waals surface area contributed by atoms with Crippen LogP contribution >= 0.6 is 0 Å². The van der Waals surface area contributed by atoms with Crippen molar-refractivity contribution in [2.24, 2.45) is 11.8 Å². The van der Waals surface area contributed by atoms with Gasteiger partial charge in [-0.3, -0.25) is 24.5 Å². The zero-order valence-corrected chi connectivity index (χ0v) is 17.3. The number of ketones is 1. The van der Waals surface area contributed by atoms with Gasteiger partial charge < -0.3 is 9.64 Å². The number of benzene rings is 2. The standard InChI is InChI=1S/C23H19N3O6/c1-12(27)21-20-19(16-9-7-13-5-3-4-6-15(13)24(16)21)22(28)25(23(20)29)17-11-14(26(30)31)8-10-18(17)32-2/h3-11,16,19-21H,1-2H3/t16-,19+,20+,21-/m1/s1. The van der Waals surface area contributed by atoms with E-state index in [1.165, 1.54) is 26.2 Å². The number of nitrogens with zero attached hydrogens (tertiary/aromatic N) is 3. The molecule has 0 spiro atoms. The molecule has 162 valence electrons. The lowest BCUT2D eigenvalue weighted by Crippen LogP contribution is -2.48. The number of anilines is 2. The maximum absolute atomic E-state index is 13.6. The second-order valence-corrected chi connectivity index (χ2v) is 8.05. The molecule has 0 saturated carbocycles.